The molecule has 0 atom stereocenters. The monoisotopic (exact) mass is 290 g/mol. The van der Waals surface area contributed by atoms with Gasteiger partial charge in [-0.1, -0.05) is 11.6 Å². The predicted molar refractivity (Wildman–Crippen MR) is 73.6 cm³/mol. The molecule has 1 aromatic carbocycles. The van der Waals surface area contributed by atoms with Crippen LogP contribution >= 0.6 is 11.6 Å². The Hall–Kier alpha value is -2.21. The number of esters is 1. The summed E-state index contributed by atoms with van der Waals surface area (Å²) in [6.45, 7) is 2.10. The van der Waals surface area contributed by atoms with Crippen LogP contribution in [0.25, 0.3) is 16.7 Å². The predicted octanol–water partition coefficient (Wildman–Crippen LogP) is 2.04. The maximum atomic E-state index is 11.6. The number of carbonyl (C=O) groups is 1. The van der Waals surface area contributed by atoms with Crippen molar-refractivity contribution in [1.82, 2.24) is 19.6 Å². The van der Waals surface area contributed by atoms with Crippen LogP contribution in [0, 0.1) is 0 Å². The van der Waals surface area contributed by atoms with Crippen molar-refractivity contribution in [2.24, 2.45) is 0 Å². The van der Waals surface area contributed by atoms with E-state index in [0.29, 0.717) is 28.5 Å². The van der Waals surface area contributed by atoms with E-state index >= 15 is 0 Å². The van der Waals surface area contributed by atoms with E-state index in [1.807, 2.05) is 6.07 Å². The van der Waals surface area contributed by atoms with E-state index in [2.05, 4.69) is 15.2 Å². The van der Waals surface area contributed by atoms with Crippen LogP contribution in [0.5, 0.6) is 0 Å². The molecule has 102 valence electrons. The molecule has 0 unspecified atom stereocenters. The SMILES string of the molecule is CCOC(=O)Cc1nc2cc(Cl)ccc2n2cnnc12. The van der Waals surface area contributed by atoms with E-state index in [1.54, 1.807) is 29.8 Å². The van der Waals surface area contributed by atoms with Crippen molar-refractivity contribution in [2.45, 2.75) is 13.3 Å². The van der Waals surface area contributed by atoms with Gasteiger partial charge in [-0.3, -0.25) is 9.20 Å². The number of rotatable bonds is 3. The van der Waals surface area contributed by atoms with Crippen LogP contribution in [0.4, 0.5) is 0 Å². The van der Waals surface area contributed by atoms with Gasteiger partial charge in [0.15, 0.2) is 5.65 Å². The third-order valence-electron chi connectivity index (χ3n) is 2.88. The summed E-state index contributed by atoms with van der Waals surface area (Å²) < 4.78 is 6.73. The fourth-order valence-electron chi connectivity index (χ4n) is 2.06. The summed E-state index contributed by atoms with van der Waals surface area (Å²) >= 11 is 5.98. The minimum Gasteiger partial charge on any atom is -0.466 e. The van der Waals surface area contributed by atoms with Gasteiger partial charge in [0.05, 0.1) is 29.8 Å². The summed E-state index contributed by atoms with van der Waals surface area (Å²) in [4.78, 5) is 16.1. The fraction of sp³-hybridized carbons (Fsp3) is 0.231. The zero-order chi connectivity index (χ0) is 14.1. The Balaban J connectivity index is 2.18. The van der Waals surface area contributed by atoms with Crippen LogP contribution in [0.2, 0.25) is 5.02 Å². The molecular weight excluding hydrogens is 280 g/mol. The smallest absolute Gasteiger partial charge is 0.312 e. The molecule has 0 aliphatic carbocycles. The van der Waals surface area contributed by atoms with Gasteiger partial charge in [0.1, 0.15) is 6.33 Å². The largest absolute Gasteiger partial charge is 0.466 e. The molecule has 0 amide bonds. The average Bonchev–Trinajstić information content (AvgIpc) is 2.88. The topological polar surface area (TPSA) is 69.4 Å². The van der Waals surface area contributed by atoms with Crippen molar-refractivity contribution in [3.05, 3.63) is 35.2 Å². The normalized spacial score (nSPS) is 11.1. The van der Waals surface area contributed by atoms with Gasteiger partial charge in [0, 0.05) is 5.02 Å². The molecular formula is C13H11ClN4O2. The molecule has 0 N–H and O–H groups in total. The number of aromatic nitrogens is 4. The molecule has 20 heavy (non-hydrogen) atoms. The highest BCUT2D eigenvalue weighted by molar-refractivity contribution is 6.31. The molecule has 0 aliphatic rings. The zero-order valence-corrected chi connectivity index (χ0v) is 11.5. The number of hydrogen-bond donors (Lipinski definition) is 0. The van der Waals surface area contributed by atoms with E-state index in [0.717, 1.165) is 5.52 Å². The first kappa shape index (κ1) is 12.8. The lowest BCUT2D eigenvalue weighted by molar-refractivity contribution is -0.142. The van der Waals surface area contributed by atoms with Crippen molar-refractivity contribution < 1.29 is 9.53 Å². The van der Waals surface area contributed by atoms with Crippen LogP contribution in [-0.4, -0.2) is 32.2 Å². The third kappa shape index (κ3) is 2.18. The molecule has 0 fully saturated rings. The van der Waals surface area contributed by atoms with Crippen molar-refractivity contribution in [1.29, 1.82) is 0 Å². The van der Waals surface area contributed by atoms with Crippen LogP contribution < -0.4 is 0 Å². The van der Waals surface area contributed by atoms with E-state index in [9.17, 15) is 4.79 Å². The number of benzene rings is 1. The van der Waals surface area contributed by atoms with Gasteiger partial charge in [-0.05, 0) is 25.1 Å². The van der Waals surface area contributed by atoms with Gasteiger partial charge >= 0.3 is 5.97 Å². The summed E-state index contributed by atoms with van der Waals surface area (Å²) in [6, 6.07) is 5.36. The summed E-state index contributed by atoms with van der Waals surface area (Å²) in [7, 11) is 0. The van der Waals surface area contributed by atoms with E-state index in [-0.39, 0.29) is 12.4 Å². The third-order valence-corrected chi connectivity index (χ3v) is 3.11. The highest BCUT2D eigenvalue weighted by Crippen LogP contribution is 2.20. The first-order valence-corrected chi connectivity index (χ1v) is 6.50. The van der Waals surface area contributed by atoms with Gasteiger partial charge in [-0.2, -0.15) is 0 Å². The first-order valence-electron chi connectivity index (χ1n) is 6.12. The number of fused-ring (bicyclic) bond motifs is 3. The molecule has 2 heterocycles. The summed E-state index contributed by atoms with van der Waals surface area (Å²) in [5, 5.41) is 8.47. The lowest BCUT2D eigenvalue weighted by Crippen LogP contribution is -2.10. The number of nitrogens with zero attached hydrogens (tertiary/aromatic N) is 4. The van der Waals surface area contributed by atoms with Crippen LogP contribution in [0.15, 0.2) is 24.5 Å². The van der Waals surface area contributed by atoms with Crippen LogP contribution in [-0.2, 0) is 16.0 Å². The van der Waals surface area contributed by atoms with Crippen molar-refractivity contribution in [3.8, 4) is 0 Å². The maximum absolute atomic E-state index is 11.6. The summed E-state index contributed by atoms with van der Waals surface area (Å²) in [5.41, 5.74) is 2.59. The number of halogens is 1. The molecule has 2 aromatic heterocycles. The van der Waals surface area contributed by atoms with Gasteiger partial charge in [0.2, 0.25) is 0 Å². The van der Waals surface area contributed by atoms with E-state index in [1.165, 1.54) is 0 Å². The first-order chi connectivity index (χ1) is 9.69. The van der Waals surface area contributed by atoms with Crippen molar-refractivity contribution in [3.63, 3.8) is 0 Å². The Morgan fingerprint density at radius 1 is 1.45 bits per heavy atom. The molecule has 7 heteroatoms. The number of ether oxygens (including phenoxy) is 1. The molecule has 3 rings (SSSR count). The minimum atomic E-state index is -0.341. The molecule has 0 bridgehead atoms. The second kappa shape index (κ2) is 5.05. The standard InChI is InChI=1S/C13H11ClN4O2/c1-2-20-12(19)6-10-13-17-15-7-18(13)11-4-3-8(14)5-9(11)16-10/h3-5,7H,2,6H2,1H3. The highest BCUT2D eigenvalue weighted by atomic mass is 35.5. The Labute approximate surface area is 119 Å². The zero-order valence-electron chi connectivity index (χ0n) is 10.7. The lowest BCUT2D eigenvalue weighted by atomic mass is 10.2. The summed E-state index contributed by atoms with van der Waals surface area (Å²) in [6.07, 6.45) is 1.64. The average molecular weight is 291 g/mol. The molecule has 0 spiro atoms. The quantitative estimate of drug-likeness (QED) is 0.690. The Morgan fingerprint density at radius 3 is 3.10 bits per heavy atom. The van der Waals surface area contributed by atoms with Crippen molar-refractivity contribution >= 4 is 34.3 Å². The Kier molecular flexibility index (Phi) is 3.23. The maximum Gasteiger partial charge on any atom is 0.312 e. The summed E-state index contributed by atoms with van der Waals surface area (Å²) in [5.74, 6) is -0.341. The fourth-order valence-corrected chi connectivity index (χ4v) is 2.23. The van der Waals surface area contributed by atoms with Crippen LogP contribution in [0.1, 0.15) is 12.6 Å². The van der Waals surface area contributed by atoms with Gasteiger partial charge in [0.25, 0.3) is 0 Å². The second-order valence-electron chi connectivity index (χ2n) is 4.20. The van der Waals surface area contributed by atoms with Gasteiger partial charge in [-0.25, -0.2) is 4.98 Å². The Morgan fingerprint density at radius 2 is 2.30 bits per heavy atom. The minimum absolute atomic E-state index is 0.0541. The molecule has 0 saturated heterocycles. The molecule has 0 saturated carbocycles. The number of carbonyl (C=O) groups excluding carboxylic acids is 1. The van der Waals surface area contributed by atoms with E-state index < -0.39 is 0 Å². The molecule has 0 aliphatic heterocycles. The number of hydrogen-bond acceptors (Lipinski definition) is 5. The highest BCUT2D eigenvalue weighted by Gasteiger charge is 2.14. The van der Waals surface area contributed by atoms with Crippen molar-refractivity contribution in [2.75, 3.05) is 6.61 Å². The molecule has 6 nitrogen and oxygen atoms in total. The Bertz CT molecular complexity index is 800. The second-order valence-corrected chi connectivity index (χ2v) is 4.63. The lowest BCUT2D eigenvalue weighted by Gasteiger charge is -2.06. The molecule has 3 aromatic rings. The van der Waals surface area contributed by atoms with Crippen LogP contribution in [0.3, 0.4) is 0 Å². The molecule has 0 radical (unpaired) electrons. The van der Waals surface area contributed by atoms with Gasteiger partial charge in [-0.15, -0.1) is 10.2 Å². The van der Waals surface area contributed by atoms with Gasteiger partial charge < -0.3 is 4.74 Å². The van der Waals surface area contributed by atoms with E-state index in [4.69, 9.17) is 16.3 Å².